The lowest BCUT2D eigenvalue weighted by Gasteiger charge is -2.34. The van der Waals surface area contributed by atoms with Crippen LogP contribution in [0.15, 0.2) is 30.3 Å². The molecule has 1 saturated heterocycles. The third-order valence-electron chi connectivity index (χ3n) is 3.54. The van der Waals surface area contributed by atoms with Crippen molar-refractivity contribution in [1.82, 2.24) is 4.90 Å². The standard InChI is InChI=1S/C16H23NO2/c1-13(2)16(18)17-10-11-19-15(12-17)9-8-14-6-4-3-5-7-14/h3-7,13,15H,8-12H2,1-2H3. The molecule has 0 bridgehead atoms. The summed E-state index contributed by atoms with van der Waals surface area (Å²) in [5.41, 5.74) is 1.33. The second kappa shape index (κ2) is 6.71. The van der Waals surface area contributed by atoms with Gasteiger partial charge in [0.15, 0.2) is 0 Å². The van der Waals surface area contributed by atoms with Gasteiger partial charge in [-0.05, 0) is 18.4 Å². The highest BCUT2D eigenvalue weighted by molar-refractivity contribution is 5.78. The molecule has 1 aromatic carbocycles. The van der Waals surface area contributed by atoms with E-state index in [-0.39, 0.29) is 17.9 Å². The van der Waals surface area contributed by atoms with Crippen LogP contribution in [-0.2, 0) is 16.0 Å². The minimum Gasteiger partial charge on any atom is -0.375 e. The van der Waals surface area contributed by atoms with E-state index in [1.54, 1.807) is 0 Å². The SMILES string of the molecule is CC(C)C(=O)N1CCOC(CCc2ccccc2)C1. The fourth-order valence-corrected chi connectivity index (χ4v) is 2.43. The number of hydrogen-bond acceptors (Lipinski definition) is 2. The van der Waals surface area contributed by atoms with Crippen LogP contribution < -0.4 is 0 Å². The topological polar surface area (TPSA) is 29.5 Å². The van der Waals surface area contributed by atoms with E-state index in [0.29, 0.717) is 6.61 Å². The normalized spacial score (nSPS) is 19.7. The fourth-order valence-electron chi connectivity index (χ4n) is 2.43. The summed E-state index contributed by atoms with van der Waals surface area (Å²) in [6.07, 6.45) is 2.16. The second-order valence-corrected chi connectivity index (χ2v) is 5.46. The van der Waals surface area contributed by atoms with Gasteiger partial charge in [-0.15, -0.1) is 0 Å². The number of morpholine rings is 1. The third kappa shape index (κ3) is 4.06. The van der Waals surface area contributed by atoms with Gasteiger partial charge in [-0.3, -0.25) is 4.79 Å². The summed E-state index contributed by atoms with van der Waals surface area (Å²) >= 11 is 0. The minimum absolute atomic E-state index is 0.0767. The van der Waals surface area contributed by atoms with Gasteiger partial charge < -0.3 is 9.64 Å². The van der Waals surface area contributed by atoms with Crippen molar-refractivity contribution in [3.05, 3.63) is 35.9 Å². The molecule has 1 atom stereocenters. The van der Waals surface area contributed by atoms with Crippen LogP contribution >= 0.6 is 0 Å². The number of ether oxygens (including phenoxy) is 1. The molecular weight excluding hydrogens is 238 g/mol. The van der Waals surface area contributed by atoms with Crippen LogP contribution in [0.4, 0.5) is 0 Å². The number of hydrogen-bond donors (Lipinski definition) is 0. The van der Waals surface area contributed by atoms with E-state index in [2.05, 4.69) is 24.3 Å². The molecular formula is C16H23NO2. The summed E-state index contributed by atoms with van der Waals surface area (Å²) in [5, 5.41) is 0. The van der Waals surface area contributed by atoms with Gasteiger partial charge in [0.05, 0.1) is 12.7 Å². The molecule has 0 aliphatic carbocycles. The monoisotopic (exact) mass is 261 g/mol. The number of benzene rings is 1. The fraction of sp³-hybridized carbons (Fsp3) is 0.562. The molecule has 2 rings (SSSR count). The molecule has 0 saturated carbocycles. The van der Waals surface area contributed by atoms with Crippen LogP contribution in [0.25, 0.3) is 0 Å². The van der Waals surface area contributed by atoms with Crippen molar-refractivity contribution in [1.29, 1.82) is 0 Å². The Bertz CT molecular complexity index is 402. The molecule has 1 unspecified atom stereocenters. The molecule has 104 valence electrons. The Kier molecular flexibility index (Phi) is 4.97. The zero-order valence-corrected chi connectivity index (χ0v) is 11.8. The average Bonchev–Trinajstić information content (AvgIpc) is 2.45. The van der Waals surface area contributed by atoms with E-state index < -0.39 is 0 Å². The molecule has 1 aliphatic heterocycles. The molecule has 0 N–H and O–H groups in total. The zero-order valence-electron chi connectivity index (χ0n) is 11.8. The predicted octanol–water partition coefficient (Wildman–Crippen LogP) is 2.50. The molecule has 3 heteroatoms. The summed E-state index contributed by atoms with van der Waals surface area (Å²) in [5.74, 6) is 0.320. The number of rotatable bonds is 4. The first-order chi connectivity index (χ1) is 9.16. The van der Waals surface area contributed by atoms with Gasteiger partial charge >= 0.3 is 0 Å². The van der Waals surface area contributed by atoms with Crippen LogP contribution in [-0.4, -0.2) is 36.6 Å². The first-order valence-corrected chi connectivity index (χ1v) is 7.11. The van der Waals surface area contributed by atoms with Crippen LogP contribution in [0.2, 0.25) is 0 Å². The predicted molar refractivity (Wildman–Crippen MR) is 75.9 cm³/mol. The maximum atomic E-state index is 12.0. The summed E-state index contributed by atoms with van der Waals surface area (Å²) in [6, 6.07) is 10.4. The first kappa shape index (κ1) is 14.1. The Morgan fingerprint density at radius 2 is 2.11 bits per heavy atom. The summed E-state index contributed by atoms with van der Waals surface area (Å²) in [7, 11) is 0. The van der Waals surface area contributed by atoms with E-state index in [1.807, 2.05) is 24.8 Å². The van der Waals surface area contributed by atoms with Crippen molar-refractivity contribution in [2.45, 2.75) is 32.8 Å². The van der Waals surface area contributed by atoms with Crippen LogP contribution in [0, 0.1) is 5.92 Å². The zero-order chi connectivity index (χ0) is 13.7. The first-order valence-electron chi connectivity index (χ1n) is 7.11. The summed E-state index contributed by atoms with van der Waals surface area (Å²) in [4.78, 5) is 13.9. The second-order valence-electron chi connectivity index (χ2n) is 5.46. The molecule has 1 heterocycles. The Balaban J connectivity index is 1.83. The molecule has 1 aliphatic rings. The quantitative estimate of drug-likeness (QED) is 0.833. The number of aryl methyl sites for hydroxylation is 1. The van der Waals surface area contributed by atoms with Crippen LogP contribution in [0.1, 0.15) is 25.8 Å². The number of amides is 1. The molecule has 0 aromatic heterocycles. The van der Waals surface area contributed by atoms with E-state index in [1.165, 1.54) is 5.56 Å². The largest absolute Gasteiger partial charge is 0.375 e. The Hall–Kier alpha value is -1.35. The van der Waals surface area contributed by atoms with Crippen LogP contribution in [0.3, 0.4) is 0 Å². The molecule has 1 amide bonds. The van der Waals surface area contributed by atoms with Gasteiger partial charge in [0, 0.05) is 19.0 Å². The lowest BCUT2D eigenvalue weighted by Crippen LogP contribution is -2.47. The van der Waals surface area contributed by atoms with E-state index >= 15 is 0 Å². The molecule has 1 fully saturated rings. The minimum atomic E-state index is 0.0767. The van der Waals surface area contributed by atoms with Gasteiger partial charge in [-0.2, -0.15) is 0 Å². The number of carbonyl (C=O) groups is 1. The van der Waals surface area contributed by atoms with Crippen molar-refractivity contribution in [3.8, 4) is 0 Å². The summed E-state index contributed by atoms with van der Waals surface area (Å²) in [6.45, 7) is 6.05. The Morgan fingerprint density at radius 1 is 1.37 bits per heavy atom. The van der Waals surface area contributed by atoms with E-state index in [4.69, 9.17) is 4.74 Å². The Morgan fingerprint density at radius 3 is 2.79 bits per heavy atom. The van der Waals surface area contributed by atoms with Crippen LogP contribution in [0.5, 0.6) is 0 Å². The molecule has 0 radical (unpaired) electrons. The molecule has 3 nitrogen and oxygen atoms in total. The van der Waals surface area contributed by atoms with Crippen molar-refractivity contribution in [2.24, 2.45) is 5.92 Å². The maximum absolute atomic E-state index is 12.0. The highest BCUT2D eigenvalue weighted by Gasteiger charge is 2.25. The number of carbonyl (C=O) groups excluding carboxylic acids is 1. The van der Waals surface area contributed by atoms with Crippen molar-refractivity contribution in [2.75, 3.05) is 19.7 Å². The van der Waals surface area contributed by atoms with Gasteiger partial charge in [-0.25, -0.2) is 0 Å². The smallest absolute Gasteiger partial charge is 0.225 e. The highest BCUT2D eigenvalue weighted by atomic mass is 16.5. The van der Waals surface area contributed by atoms with Gasteiger partial charge in [0.25, 0.3) is 0 Å². The van der Waals surface area contributed by atoms with Crippen molar-refractivity contribution < 1.29 is 9.53 Å². The third-order valence-corrected chi connectivity index (χ3v) is 3.54. The highest BCUT2D eigenvalue weighted by Crippen LogP contribution is 2.14. The molecule has 1 aromatic rings. The lowest BCUT2D eigenvalue weighted by molar-refractivity contribution is -0.142. The average molecular weight is 261 g/mol. The maximum Gasteiger partial charge on any atom is 0.225 e. The molecule has 0 spiro atoms. The number of nitrogens with zero attached hydrogens (tertiary/aromatic N) is 1. The van der Waals surface area contributed by atoms with Crippen molar-refractivity contribution in [3.63, 3.8) is 0 Å². The van der Waals surface area contributed by atoms with E-state index in [9.17, 15) is 4.79 Å². The van der Waals surface area contributed by atoms with Gasteiger partial charge in [0.2, 0.25) is 5.91 Å². The van der Waals surface area contributed by atoms with Gasteiger partial charge in [-0.1, -0.05) is 44.2 Å². The Labute approximate surface area is 115 Å². The van der Waals surface area contributed by atoms with Crippen molar-refractivity contribution >= 4 is 5.91 Å². The van der Waals surface area contributed by atoms with Gasteiger partial charge in [0.1, 0.15) is 0 Å². The lowest BCUT2D eigenvalue weighted by atomic mass is 10.1. The summed E-state index contributed by atoms with van der Waals surface area (Å²) < 4.78 is 5.77. The molecule has 19 heavy (non-hydrogen) atoms. The van der Waals surface area contributed by atoms with E-state index in [0.717, 1.165) is 25.9 Å².